The van der Waals surface area contributed by atoms with Gasteiger partial charge in [0, 0.05) is 13.1 Å². The van der Waals surface area contributed by atoms with E-state index >= 15 is 0 Å². The highest BCUT2D eigenvalue weighted by Crippen LogP contribution is 2.32. The lowest BCUT2D eigenvalue weighted by atomic mass is 10.2. The number of rotatable bonds is 3. The molecular weight excluding hydrogens is 426 g/mol. The topological polar surface area (TPSA) is 113 Å². The van der Waals surface area contributed by atoms with E-state index in [-0.39, 0.29) is 24.1 Å². The smallest absolute Gasteiger partial charge is 0.389 e. The number of aromatic nitrogens is 4. The van der Waals surface area contributed by atoms with E-state index in [1.54, 1.807) is 4.98 Å². The van der Waals surface area contributed by atoms with Crippen LogP contribution in [0.2, 0.25) is 0 Å². The Bertz CT molecular complexity index is 1280. The molecule has 0 spiro atoms. The van der Waals surface area contributed by atoms with Gasteiger partial charge in [-0.3, -0.25) is 19.1 Å². The van der Waals surface area contributed by atoms with Gasteiger partial charge >= 0.3 is 11.9 Å². The summed E-state index contributed by atoms with van der Waals surface area (Å²) < 4.78 is 55.3. The molecule has 164 valence electrons. The zero-order chi connectivity index (χ0) is 22.5. The minimum atomic E-state index is -4.80. The summed E-state index contributed by atoms with van der Waals surface area (Å²) in [6, 6.07) is 4.74. The third kappa shape index (κ3) is 3.71. The summed E-state index contributed by atoms with van der Waals surface area (Å²) in [7, 11) is 0. The molecule has 1 aliphatic heterocycles. The second-order valence-corrected chi connectivity index (χ2v) is 7.09. The number of hydrogen-bond acceptors (Lipinski definition) is 5. The lowest BCUT2D eigenvalue weighted by molar-refractivity contribution is -0.148. The Morgan fingerprint density at radius 1 is 1.23 bits per heavy atom. The van der Waals surface area contributed by atoms with Crippen molar-refractivity contribution in [3.63, 3.8) is 0 Å². The molecule has 1 fully saturated rings. The third-order valence-corrected chi connectivity index (χ3v) is 5.09. The molecule has 2 atom stereocenters. The van der Waals surface area contributed by atoms with Crippen LogP contribution in [0.3, 0.4) is 0 Å². The maximum atomic E-state index is 13.6. The van der Waals surface area contributed by atoms with Crippen molar-refractivity contribution < 1.29 is 27.5 Å². The van der Waals surface area contributed by atoms with Gasteiger partial charge in [0.2, 0.25) is 17.5 Å². The Labute approximate surface area is 170 Å². The Kier molecular flexibility index (Phi) is 4.92. The quantitative estimate of drug-likeness (QED) is 0.575. The van der Waals surface area contributed by atoms with Crippen molar-refractivity contribution in [2.75, 3.05) is 13.1 Å². The van der Waals surface area contributed by atoms with Crippen LogP contribution in [0, 0.1) is 5.82 Å². The number of β-amino-alcohol motifs (C(OH)–C–C–N with tert-alkyl or cyclic N) is 1. The number of nitrogens with one attached hydrogen (secondary N) is 1. The van der Waals surface area contributed by atoms with Crippen molar-refractivity contribution in [3.05, 3.63) is 62.9 Å². The number of halogens is 4. The first-order valence-electron chi connectivity index (χ1n) is 9.05. The standard InChI is InChI=1S/C18H15F4N5O4/c19-9-5-27(17(31)24-15(9)30)12-6-25(7-13(12)28)14(29)8-26-11-4-2-1-3-10(11)23-16(26)18(20,21)22/h1-5,12-13,28H,6-8H2,(H,24,30,31)/t12-,13-/m1/s1. The van der Waals surface area contributed by atoms with E-state index in [1.807, 2.05) is 0 Å². The maximum absolute atomic E-state index is 13.6. The number of carbonyl (C=O) groups excluding carboxylic acids is 1. The van der Waals surface area contributed by atoms with Crippen molar-refractivity contribution in [2.45, 2.75) is 24.9 Å². The normalized spacial score (nSPS) is 19.3. The SMILES string of the molecule is O=C(Cn1c(C(F)(F)F)nc2ccccc21)N1C[C@@H](O)[C@H](n2cc(F)c(=O)[nH]c2=O)C1. The predicted octanol–water partition coefficient (Wildman–Crippen LogP) is 0.489. The van der Waals surface area contributed by atoms with Gasteiger partial charge in [-0.15, -0.1) is 0 Å². The van der Waals surface area contributed by atoms with Crippen LogP contribution >= 0.6 is 0 Å². The highest BCUT2D eigenvalue weighted by Gasteiger charge is 2.40. The lowest BCUT2D eigenvalue weighted by Gasteiger charge is -2.19. The molecule has 2 N–H and O–H groups in total. The zero-order valence-electron chi connectivity index (χ0n) is 15.6. The molecule has 1 amide bonds. The fraction of sp³-hybridized carbons (Fsp3) is 0.333. The molecule has 0 radical (unpaired) electrons. The highest BCUT2D eigenvalue weighted by molar-refractivity contribution is 5.81. The van der Waals surface area contributed by atoms with Gasteiger partial charge in [-0.25, -0.2) is 9.78 Å². The number of alkyl halides is 3. The summed E-state index contributed by atoms with van der Waals surface area (Å²) in [5.74, 6) is -3.25. The number of amides is 1. The van der Waals surface area contributed by atoms with Crippen LogP contribution in [0.15, 0.2) is 40.1 Å². The van der Waals surface area contributed by atoms with Gasteiger partial charge in [-0.1, -0.05) is 12.1 Å². The fourth-order valence-electron chi connectivity index (χ4n) is 3.64. The second kappa shape index (κ2) is 7.34. The number of benzene rings is 1. The summed E-state index contributed by atoms with van der Waals surface area (Å²) in [5, 5.41) is 10.3. The monoisotopic (exact) mass is 441 g/mol. The lowest BCUT2D eigenvalue weighted by Crippen LogP contribution is -2.38. The van der Waals surface area contributed by atoms with Crippen LogP contribution in [-0.4, -0.2) is 54.2 Å². The minimum absolute atomic E-state index is 0.0669. The number of hydrogen-bond donors (Lipinski definition) is 2. The van der Waals surface area contributed by atoms with Crippen LogP contribution in [0.25, 0.3) is 11.0 Å². The number of aromatic amines is 1. The van der Waals surface area contributed by atoms with E-state index in [0.29, 0.717) is 6.20 Å². The first-order chi connectivity index (χ1) is 14.6. The Morgan fingerprint density at radius 2 is 1.94 bits per heavy atom. The maximum Gasteiger partial charge on any atom is 0.449 e. The molecule has 1 aliphatic rings. The van der Waals surface area contributed by atoms with Gasteiger partial charge in [-0.05, 0) is 12.1 Å². The van der Waals surface area contributed by atoms with Gasteiger partial charge in [0.1, 0.15) is 6.54 Å². The molecule has 1 saturated heterocycles. The first kappa shape index (κ1) is 20.8. The molecule has 0 unspecified atom stereocenters. The Balaban J connectivity index is 1.62. The van der Waals surface area contributed by atoms with Crippen molar-refractivity contribution in [1.29, 1.82) is 0 Å². The number of nitrogens with zero attached hydrogens (tertiary/aromatic N) is 4. The molecule has 4 rings (SSSR count). The number of aliphatic hydroxyl groups excluding tert-OH is 1. The summed E-state index contributed by atoms with van der Waals surface area (Å²) in [5.41, 5.74) is -2.03. The molecule has 3 heterocycles. The number of likely N-dealkylation sites (tertiary alicyclic amines) is 1. The molecule has 9 nitrogen and oxygen atoms in total. The van der Waals surface area contributed by atoms with Gasteiger partial charge in [0.25, 0.3) is 5.56 Å². The van der Waals surface area contributed by atoms with Crippen molar-refractivity contribution >= 4 is 16.9 Å². The zero-order valence-corrected chi connectivity index (χ0v) is 15.6. The third-order valence-electron chi connectivity index (χ3n) is 5.09. The van der Waals surface area contributed by atoms with Crippen molar-refractivity contribution in [3.8, 4) is 0 Å². The Hall–Kier alpha value is -3.48. The fourth-order valence-corrected chi connectivity index (χ4v) is 3.64. The molecule has 0 aliphatic carbocycles. The molecule has 0 bridgehead atoms. The van der Waals surface area contributed by atoms with Crippen LogP contribution in [0.5, 0.6) is 0 Å². The summed E-state index contributed by atoms with van der Waals surface area (Å²) in [6.07, 6.45) is -5.48. The first-order valence-corrected chi connectivity index (χ1v) is 9.05. The second-order valence-electron chi connectivity index (χ2n) is 7.09. The van der Waals surface area contributed by atoms with Gasteiger partial charge in [0.15, 0.2) is 0 Å². The largest absolute Gasteiger partial charge is 0.449 e. The molecule has 1 aromatic carbocycles. The number of imidazole rings is 1. The van der Waals surface area contributed by atoms with Crippen LogP contribution in [0.1, 0.15) is 11.9 Å². The van der Waals surface area contributed by atoms with Crippen molar-refractivity contribution in [2.24, 2.45) is 0 Å². The molecule has 31 heavy (non-hydrogen) atoms. The van der Waals surface area contributed by atoms with Crippen LogP contribution in [0.4, 0.5) is 17.6 Å². The number of para-hydroxylation sites is 2. The van der Waals surface area contributed by atoms with Gasteiger partial charge in [-0.2, -0.15) is 17.6 Å². The predicted molar refractivity (Wildman–Crippen MR) is 97.6 cm³/mol. The van der Waals surface area contributed by atoms with Gasteiger partial charge < -0.3 is 14.6 Å². The number of aliphatic hydroxyl groups is 1. The molecule has 2 aromatic heterocycles. The molecule has 3 aromatic rings. The van der Waals surface area contributed by atoms with E-state index in [1.165, 1.54) is 24.3 Å². The number of fused-ring (bicyclic) bond motifs is 1. The Morgan fingerprint density at radius 3 is 2.65 bits per heavy atom. The van der Waals surface area contributed by atoms with Crippen LogP contribution in [-0.2, 0) is 17.5 Å². The minimum Gasteiger partial charge on any atom is -0.389 e. The van der Waals surface area contributed by atoms with Crippen LogP contribution < -0.4 is 11.2 Å². The number of carbonyl (C=O) groups is 1. The number of H-pyrrole nitrogens is 1. The van der Waals surface area contributed by atoms with E-state index in [9.17, 15) is 37.1 Å². The molecular formula is C18H15F4N5O4. The average molecular weight is 441 g/mol. The van der Waals surface area contributed by atoms with E-state index in [2.05, 4.69) is 4.98 Å². The van der Waals surface area contributed by atoms with E-state index in [4.69, 9.17) is 0 Å². The van der Waals surface area contributed by atoms with Gasteiger partial charge in [0.05, 0.1) is 29.4 Å². The molecule has 0 saturated carbocycles. The molecule has 13 heteroatoms. The average Bonchev–Trinajstić information content (AvgIpc) is 3.26. The highest BCUT2D eigenvalue weighted by atomic mass is 19.4. The summed E-state index contributed by atoms with van der Waals surface area (Å²) >= 11 is 0. The summed E-state index contributed by atoms with van der Waals surface area (Å²) in [4.78, 5) is 42.3. The van der Waals surface area contributed by atoms with E-state index < -0.39 is 53.7 Å². The summed E-state index contributed by atoms with van der Waals surface area (Å²) in [6.45, 7) is -1.26. The van der Waals surface area contributed by atoms with E-state index in [0.717, 1.165) is 14.0 Å². The van der Waals surface area contributed by atoms with Crippen molar-refractivity contribution in [1.82, 2.24) is 24.0 Å².